The van der Waals surface area contributed by atoms with E-state index in [-0.39, 0.29) is 24.2 Å². The second-order valence-electron chi connectivity index (χ2n) is 7.01. The van der Waals surface area contributed by atoms with E-state index in [9.17, 15) is 13.5 Å². The zero-order chi connectivity index (χ0) is 20.1. The molecule has 0 aromatic heterocycles. The smallest absolute Gasteiger partial charge is 0.151 e. The Bertz CT molecular complexity index is 889. The molecule has 0 bridgehead atoms. The SMILES string of the molecule is O=S1(=O)CCC(N(Cc2ccc(Cl)cc2)CC(O)COc2ccccc2Cl)C1. The lowest BCUT2D eigenvalue weighted by Gasteiger charge is -2.30. The van der Waals surface area contributed by atoms with Crippen LogP contribution in [0.25, 0.3) is 0 Å². The summed E-state index contributed by atoms with van der Waals surface area (Å²) in [5, 5.41) is 11.6. The van der Waals surface area contributed by atoms with Gasteiger partial charge in [-0.2, -0.15) is 0 Å². The van der Waals surface area contributed by atoms with E-state index < -0.39 is 15.9 Å². The minimum absolute atomic E-state index is 0.0698. The molecule has 8 heteroatoms. The van der Waals surface area contributed by atoms with E-state index in [1.807, 2.05) is 23.1 Å². The third-order valence-corrected chi connectivity index (χ3v) is 7.05. The van der Waals surface area contributed by atoms with Gasteiger partial charge in [0.2, 0.25) is 0 Å². The molecule has 1 aliphatic heterocycles. The molecule has 0 saturated carbocycles. The molecule has 2 aromatic carbocycles. The Labute approximate surface area is 175 Å². The number of halogens is 2. The Morgan fingerprint density at radius 2 is 1.86 bits per heavy atom. The number of benzene rings is 2. The van der Waals surface area contributed by atoms with E-state index in [1.54, 1.807) is 30.3 Å². The van der Waals surface area contributed by atoms with Gasteiger partial charge in [-0.1, -0.05) is 47.5 Å². The number of hydrogen-bond donors (Lipinski definition) is 1. The summed E-state index contributed by atoms with van der Waals surface area (Å²) in [4.78, 5) is 2.01. The number of sulfone groups is 1. The van der Waals surface area contributed by atoms with E-state index in [0.29, 0.717) is 35.3 Å². The van der Waals surface area contributed by atoms with Gasteiger partial charge in [0.1, 0.15) is 18.5 Å². The van der Waals surface area contributed by atoms with Gasteiger partial charge in [-0.05, 0) is 36.2 Å². The van der Waals surface area contributed by atoms with Crippen LogP contribution >= 0.6 is 23.2 Å². The minimum Gasteiger partial charge on any atom is -0.489 e. The molecule has 2 atom stereocenters. The third-order valence-electron chi connectivity index (χ3n) is 4.74. The maximum atomic E-state index is 11.9. The summed E-state index contributed by atoms with van der Waals surface area (Å²) in [5.41, 5.74) is 1.01. The van der Waals surface area contributed by atoms with Gasteiger partial charge in [0.25, 0.3) is 0 Å². The van der Waals surface area contributed by atoms with Crippen LogP contribution in [0.3, 0.4) is 0 Å². The van der Waals surface area contributed by atoms with Gasteiger partial charge in [-0.15, -0.1) is 0 Å². The molecule has 152 valence electrons. The predicted molar refractivity (Wildman–Crippen MR) is 112 cm³/mol. The van der Waals surface area contributed by atoms with Crippen molar-refractivity contribution in [1.29, 1.82) is 0 Å². The molecule has 2 unspecified atom stereocenters. The second kappa shape index (κ2) is 9.46. The summed E-state index contributed by atoms with van der Waals surface area (Å²) in [7, 11) is -3.03. The van der Waals surface area contributed by atoms with Crippen molar-refractivity contribution in [2.75, 3.05) is 24.7 Å². The van der Waals surface area contributed by atoms with Gasteiger partial charge >= 0.3 is 0 Å². The summed E-state index contributed by atoms with van der Waals surface area (Å²) in [6, 6.07) is 14.4. The lowest BCUT2D eigenvalue weighted by molar-refractivity contribution is 0.0525. The molecule has 3 rings (SSSR count). The lowest BCUT2D eigenvalue weighted by atomic mass is 10.1. The molecule has 0 radical (unpaired) electrons. The third kappa shape index (κ3) is 6.09. The maximum Gasteiger partial charge on any atom is 0.151 e. The van der Waals surface area contributed by atoms with Crippen LogP contribution < -0.4 is 4.74 Å². The van der Waals surface area contributed by atoms with Gasteiger partial charge in [0, 0.05) is 24.2 Å². The first kappa shape index (κ1) is 21.4. The van der Waals surface area contributed by atoms with E-state index >= 15 is 0 Å². The fourth-order valence-corrected chi connectivity index (χ4v) is 5.38. The van der Waals surface area contributed by atoms with E-state index in [4.69, 9.17) is 27.9 Å². The topological polar surface area (TPSA) is 66.8 Å². The first-order chi connectivity index (χ1) is 13.3. The predicted octanol–water partition coefficient (Wildman–Crippen LogP) is 3.42. The van der Waals surface area contributed by atoms with Crippen LogP contribution in [0.4, 0.5) is 0 Å². The van der Waals surface area contributed by atoms with Crippen LogP contribution in [-0.4, -0.2) is 55.2 Å². The molecule has 1 N–H and O–H groups in total. The zero-order valence-corrected chi connectivity index (χ0v) is 17.6. The van der Waals surface area contributed by atoms with Gasteiger partial charge < -0.3 is 9.84 Å². The number of para-hydroxylation sites is 1. The van der Waals surface area contributed by atoms with E-state index in [0.717, 1.165) is 5.56 Å². The van der Waals surface area contributed by atoms with Crippen LogP contribution in [0.1, 0.15) is 12.0 Å². The Morgan fingerprint density at radius 3 is 2.50 bits per heavy atom. The highest BCUT2D eigenvalue weighted by atomic mass is 35.5. The number of nitrogens with zero attached hydrogens (tertiary/aromatic N) is 1. The van der Waals surface area contributed by atoms with Gasteiger partial charge in [-0.3, -0.25) is 4.90 Å². The average molecular weight is 444 g/mol. The Morgan fingerprint density at radius 1 is 1.14 bits per heavy atom. The fraction of sp³-hybridized carbons (Fsp3) is 0.400. The van der Waals surface area contributed by atoms with Crippen molar-refractivity contribution in [3.8, 4) is 5.75 Å². The van der Waals surface area contributed by atoms with Crippen molar-refractivity contribution in [3.63, 3.8) is 0 Å². The van der Waals surface area contributed by atoms with Crippen molar-refractivity contribution in [3.05, 3.63) is 64.1 Å². The van der Waals surface area contributed by atoms with E-state index in [1.165, 1.54) is 0 Å². The summed E-state index contributed by atoms with van der Waals surface area (Å²) in [5.74, 6) is 0.801. The molecular formula is C20H23Cl2NO4S. The number of aliphatic hydroxyl groups excluding tert-OH is 1. The quantitative estimate of drug-likeness (QED) is 0.676. The molecule has 2 aromatic rings. The van der Waals surface area contributed by atoms with E-state index in [2.05, 4.69) is 0 Å². The van der Waals surface area contributed by atoms with Crippen LogP contribution in [-0.2, 0) is 16.4 Å². The standard InChI is InChI=1S/C20H23Cl2NO4S/c21-16-7-5-15(6-8-16)11-23(17-9-10-28(25,26)14-17)12-18(24)13-27-20-4-2-1-3-19(20)22/h1-8,17-18,24H,9-14H2. The van der Waals surface area contributed by atoms with Crippen LogP contribution in [0.5, 0.6) is 5.75 Å². The molecule has 0 spiro atoms. The fourth-order valence-electron chi connectivity index (χ4n) is 3.30. The molecule has 28 heavy (non-hydrogen) atoms. The summed E-state index contributed by atoms with van der Waals surface area (Å²) >= 11 is 12.0. The number of ether oxygens (including phenoxy) is 1. The molecule has 5 nitrogen and oxygen atoms in total. The molecule has 1 aliphatic rings. The van der Waals surface area contributed by atoms with Crippen molar-refractivity contribution in [2.24, 2.45) is 0 Å². The first-order valence-corrected chi connectivity index (χ1v) is 11.6. The lowest BCUT2D eigenvalue weighted by Crippen LogP contribution is -2.42. The first-order valence-electron chi connectivity index (χ1n) is 9.07. The highest BCUT2D eigenvalue weighted by Crippen LogP contribution is 2.24. The average Bonchev–Trinajstić information content (AvgIpc) is 3.02. The normalized spacial score (nSPS) is 19.6. The molecule has 0 amide bonds. The van der Waals surface area contributed by atoms with Gasteiger partial charge in [0.05, 0.1) is 16.5 Å². The minimum atomic E-state index is -3.03. The largest absolute Gasteiger partial charge is 0.489 e. The van der Waals surface area contributed by atoms with Crippen molar-refractivity contribution in [1.82, 2.24) is 4.90 Å². The number of rotatable bonds is 8. The second-order valence-corrected chi connectivity index (χ2v) is 10.1. The van der Waals surface area contributed by atoms with Gasteiger partial charge in [-0.25, -0.2) is 8.42 Å². The van der Waals surface area contributed by atoms with Crippen LogP contribution in [0, 0.1) is 0 Å². The summed E-state index contributed by atoms with van der Waals surface area (Å²) < 4.78 is 29.5. The summed E-state index contributed by atoms with van der Waals surface area (Å²) in [6.07, 6.45) is -0.222. The zero-order valence-electron chi connectivity index (χ0n) is 15.3. The monoisotopic (exact) mass is 443 g/mol. The number of hydrogen-bond acceptors (Lipinski definition) is 5. The highest BCUT2D eigenvalue weighted by Gasteiger charge is 2.33. The molecular weight excluding hydrogens is 421 g/mol. The van der Waals surface area contributed by atoms with Crippen LogP contribution in [0.2, 0.25) is 10.0 Å². The molecule has 1 saturated heterocycles. The highest BCUT2D eigenvalue weighted by molar-refractivity contribution is 7.91. The van der Waals surface area contributed by atoms with Crippen molar-refractivity contribution >= 4 is 33.0 Å². The maximum absolute atomic E-state index is 11.9. The molecule has 0 aliphatic carbocycles. The Kier molecular flexibility index (Phi) is 7.23. The summed E-state index contributed by atoms with van der Waals surface area (Å²) in [6.45, 7) is 0.897. The molecule has 1 fully saturated rings. The number of aliphatic hydroxyl groups is 1. The van der Waals surface area contributed by atoms with Crippen LogP contribution in [0.15, 0.2) is 48.5 Å². The van der Waals surface area contributed by atoms with Gasteiger partial charge in [0.15, 0.2) is 9.84 Å². The Hall–Kier alpha value is -1.31. The van der Waals surface area contributed by atoms with Crippen molar-refractivity contribution in [2.45, 2.75) is 25.1 Å². The Balaban J connectivity index is 1.65. The van der Waals surface area contributed by atoms with Crippen molar-refractivity contribution < 1.29 is 18.3 Å². The molecule has 1 heterocycles.